The van der Waals surface area contributed by atoms with Crippen molar-refractivity contribution < 1.29 is 17.9 Å². The zero-order valence-electron chi connectivity index (χ0n) is 6.18. The standard InChI is InChI=1S/C6H4BrF3N2O/c7-4-1-5(12-3-11-4)13-2-6(8,9)10/h1,3H,2H2. The molecule has 7 heteroatoms. The first-order valence-electron chi connectivity index (χ1n) is 3.14. The van der Waals surface area contributed by atoms with Crippen LogP contribution < -0.4 is 4.74 Å². The molecule has 0 radical (unpaired) electrons. The van der Waals surface area contributed by atoms with Crippen molar-refractivity contribution in [2.24, 2.45) is 0 Å². The van der Waals surface area contributed by atoms with E-state index in [4.69, 9.17) is 0 Å². The van der Waals surface area contributed by atoms with Crippen LogP contribution in [0.4, 0.5) is 13.2 Å². The van der Waals surface area contributed by atoms with E-state index >= 15 is 0 Å². The van der Waals surface area contributed by atoms with Gasteiger partial charge in [-0.3, -0.25) is 0 Å². The van der Waals surface area contributed by atoms with Crippen molar-refractivity contribution in [1.82, 2.24) is 9.97 Å². The predicted octanol–water partition coefficient (Wildman–Crippen LogP) is 2.18. The Labute approximate surface area is 80.1 Å². The Bertz CT molecular complexity index is 291. The summed E-state index contributed by atoms with van der Waals surface area (Å²) in [6.07, 6.45) is -3.24. The SMILES string of the molecule is FC(F)(F)COc1cc(Br)ncn1. The first kappa shape index (κ1) is 10.2. The average Bonchev–Trinajstić information content (AvgIpc) is 2.00. The van der Waals surface area contributed by atoms with Gasteiger partial charge in [-0.25, -0.2) is 9.97 Å². The van der Waals surface area contributed by atoms with E-state index in [0.717, 1.165) is 6.33 Å². The number of rotatable bonds is 2. The quantitative estimate of drug-likeness (QED) is 0.761. The number of ether oxygens (including phenoxy) is 1. The van der Waals surface area contributed by atoms with Gasteiger partial charge in [0.2, 0.25) is 5.88 Å². The van der Waals surface area contributed by atoms with Gasteiger partial charge in [-0.05, 0) is 15.9 Å². The molecular weight excluding hydrogens is 253 g/mol. The molecule has 1 heterocycles. The lowest BCUT2D eigenvalue weighted by atomic mass is 10.6. The lowest BCUT2D eigenvalue weighted by Crippen LogP contribution is -2.19. The summed E-state index contributed by atoms with van der Waals surface area (Å²) in [5.74, 6) is -0.112. The van der Waals surface area contributed by atoms with Gasteiger partial charge >= 0.3 is 6.18 Å². The highest BCUT2D eigenvalue weighted by atomic mass is 79.9. The van der Waals surface area contributed by atoms with Crippen molar-refractivity contribution in [2.75, 3.05) is 6.61 Å². The summed E-state index contributed by atoms with van der Waals surface area (Å²) in [7, 11) is 0. The van der Waals surface area contributed by atoms with Gasteiger partial charge in [0.1, 0.15) is 10.9 Å². The summed E-state index contributed by atoms with van der Waals surface area (Å²) >= 11 is 2.97. The van der Waals surface area contributed by atoms with Crippen molar-refractivity contribution >= 4 is 15.9 Å². The Balaban J connectivity index is 2.55. The van der Waals surface area contributed by atoms with E-state index in [1.807, 2.05) is 0 Å². The molecule has 0 aliphatic carbocycles. The van der Waals surface area contributed by atoms with Crippen molar-refractivity contribution in [2.45, 2.75) is 6.18 Å². The Morgan fingerprint density at radius 1 is 1.38 bits per heavy atom. The molecule has 1 aromatic heterocycles. The first-order valence-corrected chi connectivity index (χ1v) is 3.94. The van der Waals surface area contributed by atoms with Crippen LogP contribution in [0.15, 0.2) is 17.0 Å². The molecule has 0 spiro atoms. The van der Waals surface area contributed by atoms with Crippen molar-refractivity contribution in [1.29, 1.82) is 0 Å². The molecule has 0 amide bonds. The predicted molar refractivity (Wildman–Crippen MR) is 41.3 cm³/mol. The molecular formula is C6H4BrF3N2O. The van der Waals surface area contributed by atoms with Gasteiger partial charge in [0, 0.05) is 6.07 Å². The van der Waals surface area contributed by atoms with Crippen molar-refractivity contribution in [3.63, 3.8) is 0 Å². The first-order chi connectivity index (χ1) is 5.97. The van der Waals surface area contributed by atoms with Crippen LogP contribution in [0.3, 0.4) is 0 Å². The Morgan fingerprint density at radius 3 is 2.62 bits per heavy atom. The van der Waals surface area contributed by atoms with Crippen LogP contribution >= 0.6 is 15.9 Å². The monoisotopic (exact) mass is 256 g/mol. The fraction of sp³-hybridized carbons (Fsp3) is 0.333. The molecule has 0 aliphatic heterocycles. The fourth-order valence-electron chi connectivity index (χ4n) is 0.552. The molecule has 0 fully saturated rings. The minimum atomic E-state index is -4.35. The Morgan fingerprint density at radius 2 is 2.08 bits per heavy atom. The molecule has 1 aromatic rings. The maximum Gasteiger partial charge on any atom is 0.422 e. The number of hydrogen-bond acceptors (Lipinski definition) is 3. The third-order valence-electron chi connectivity index (χ3n) is 0.992. The second kappa shape index (κ2) is 3.91. The van der Waals surface area contributed by atoms with Crippen LogP contribution in [0.2, 0.25) is 0 Å². The highest BCUT2D eigenvalue weighted by Gasteiger charge is 2.28. The molecule has 0 saturated heterocycles. The van der Waals surface area contributed by atoms with E-state index in [9.17, 15) is 13.2 Å². The third kappa shape index (κ3) is 4.07. The average molecular weight is 257 g/mol. The summed E-state index contributed by atoms with van der Waals surface area (Å²) in [4.78, 5) is 7.11. The summed E-state index contributed by atoms with van der Waals surface area (Å²) in [6.45, 7) is -1.35. The number of hydrogen-bond donors (Lipinski definition) is 0. The van der Waals surface area contributed by atoms with E-state index < -0.39 is 12.8 Å². The summed E-state index contributed by atoms with van der Waals surface area (Å²) in [5, 5.41) is 0. The van der Waals surface area contributed by atoms with Crippen molar-refractivity contribution in [3.8, 4) is 5.88 Å². The van der Waals surface area contributed by atoms with Gasteiger partial charge in [-0.15, -0.1) is 0 Å². The number of halogens is 4. The smallest absolute Gasteiger partial charge is 0.422 e. The molecule has 0 atom stereocenters. The zero-order valence-corrected chi connectivity index (χ0v) is 7.76. The summed E-state index contributed by atoms with van der Waals surface area (Å²) in [6, 6.07) is 1.26. The number of aromatic nitrogens is 2. The van der Waals surface area contributed by atoms with Crippen LogP contribution in [0.25, 0.3) is 0 Å². The largest absolute Gasteiger partial charge is 0.468 e. The second-order valence-electron chi connectivity index (χ2n) is 2.08. The molecule has 0 bridgehead atoms. The minimum Gasteiger partial charge on any atom is -0.468 e. The molecule has 0 unspecified atom stereocenters. The van der Waals surface area contributed by atoms with Gasteiger partial charge in [0.05, 0.1) is 0 Å². The highest BCUT2D eigenvalue weighted by Crippen LogP contribution is 2.17. The molecule has 0 N–H and O–H groups in total. The zero-order chi connectivity index (χ0) is 9.90. The van der Waals surface area contributed by atoms with E-state index in [1.54, 1.807) is 0 Å². The normalized spacial score (nSPS) is 11.4. The lowest BCUT2D eigenvalue weighted by Gasteiger charge is -2.07. The van der Waals surface area contributed by atoms with E-state index in [1.165, 1.54) is 6.07 Å². The van der Waals surface area contributed by atoms with Gasteiger partial charge < -0.3 is 4.74 Å². The highest BCUT2D eigenvalue weighted by molar-refractivity contribution is 9.10. The maximum absolute atomic E-state index is 11.7. The molecule has 0 aliphatic rings. The van der Waals surface area contributed by atoms with Crippen LogP contribution in [0, 0.1) is 0 Å². The third-order valence-corrected chi connectivity index (χ3v) is 1.43. The van der Waals surface area contributed by atoms with Crippen LogP contribution in [0.5, 0.6) is 5.88 Å². The van der Waals surface area contributed by atoms with Crippen LogP contribution in [-0.4, -0.2) is 22.8 Å². The van der Waals surface area contributed by atoms with Crippen LogP contribution in [0.1, 0.15) is 0 Å². The molecule has 0 aromatic carbocycles. The summed E-state index contributed by atoms with van der Waals surface area (Å²) in [5.41, 5.74) is 0. The van der Waals surface area contributed by atoms with E-state index in [2.05, 4.69) is 30.6 Å². The molecule has 13 heavy (non-hydrogen) atoms. The molecule has 72 valence electrons. The molecule has 3 nitrogen and oxygen atoms in total. The minimum absolute atomic E-state index is 0.112. The van der Waals surface area contributed by atoms with Gasteiger partial charge in [0.15, 0.2) is 6.61 Å². The van der Waals surface area contributed by atoms with Crippen molar-refractivity contribution in [3.05, 3.63) is 17.0 Å². The van der Waals surface area contributed by atoms with E-state index in [0.29, 0.717) is 4.60 Å². The fourth-order valence-corrected chi connectivity index (χ4v) is 0.839. The van der Waals surface area contributed by atoms with Gasteiger partial charge in [0.25, 0.3) is 0 Å². The topological polar surface area (TPSA) is 35.0 Å². The Kier molecular flexibility index (Phi) is 3.07. The second-order valence-corrected chi connectivity index (χ2v) is 2.90. The van der Waals surface area contributed by atoms with Crippen LogP contribution in [-0.2, 0) is 0 Å². The Hall–Kier alpha value is -0.850. The summed E-state index contributed by atoms with van der Waals surface area (Å²) < 4.78 is 39.7. The number of nitrogens with zero attached hydrogens (tertiary/aromatic N) is 2. The molecule has 0 saturated carbocycles. The van der Waals surface area contributed by atoms with Gasteiger partial charge in [-0.2, -0.15) is 13.2 Å². The molecule has 1 rings (SSSR count). The maximum atomic E-state index is 11.7. The number of alkyl halides is 3. The lowest BCUT2D eigenvalue weighted by molar-refractivity contribution is -0.154. The van der Waals surface area contributed by atoms with E-state index in [-0.39, 0.29) is 5.88 Å². The van der Waals surface area contributed by atoms with Gasteiger partial charge in [-0.1, -0.05) is 0 Å².